The van der Waals surface area contributed by atoms with Crippen LogP contribution in [0, 0.1) is 5.82 Å². The molecule has 0 spiro atoms. The Kier molecular flexibility index (Phi) is 4.33. The van der Waals surface area contributed by atoms with E-state index in [1.807, 2.05) is 30.3 Å². The summed E-state index contributed by atoms with van der Waals surface area (Å²) in [5.41, 5.74) is 0.745. The first kappa shape index (κ1) is 18.1. The Bertz CT molecular complexity index is 1020. The predicted molar refractivity (Wildman–Crippen MR) is 88.4 cm³/mol. The van der Waals surface area contributed by atoms with E-state index in [0.717, 1.165) is 17.8 Å². The van der Waals surface area contributed by atoms with Gasteiger partial charge in [0.05, 0.1) is 6.04 Å². The maximum absolute atomic E-state index is 14.7. The van der Waals surface area contributed by atoms with Crippen molar-refractivity contribution in [3.63, 3.8) is 0 Å². The van der Waals surface area contributed by atoms with Crippen LogP contribution in [0.2, 0.25) is 0 Å². The maximum atomic E-state index is 14.7. The fraction of sp³-hybridized carbons (Fsp3) is 0.222. The van der Waals surface area contributed by atoms with Crippen molar-refractivity contribution >= 4 is 11.7 Å². The lowest BCUT2D eigenvalue weighted by Gasteiger charge is -2.24. The first-order valence-electron chi connectivity index (χ1n) is 8.28. The van der Waals surface area contributed by atoms with Gasteiger partial charge in [0, 0.05) is 18.2 Å². The van der Waals surface area contributed by atoms with E-state index in [1.54, 1.807) is 0 Å². The average molecular weight is 392 g/mol. The van der Waals surface area contributed by atoms with Gasteiger partial charge in [0.25, 0.3) is 0 Å². The van der Waals surface area contributed by atoms with Gasteiger partial charge in [0.15, 0.2) is 11.6 Å². The van der Waals surface area contributed by atoms with Crippen LogP contribution in [0.25, 0.3) is 11.4 Å². The van der Waals surface area contributed by atoms with Gasteiger partial charge >= 0.3 is 12.1 Å². The molecule has 1 aliphatic heterocycles. The number of pyridine rings is 1. The summed E-state index contributed by atoms with van der Waals surface area (Å²) in [7, 11) is 0. The number of anilines is 1. The number of rotatable bonds is 3. The molecule has 3 heterocycles. The van der Waals surface area contributed by atoms with E-state index in [2.05, 4.69) is 19.6 Å². The molecular formula is C18H12F4N4O2. The summed E-state index contributed by atoms with van der Waals surface area (Å²) in [6.45, 7) is 0. The summed E-state index contributed by atoms with van der Waals surface area (Å²) in [6.07, 6.45) is -2.95. The van der Waals surface area contributed by atoms with Crippen LogP contribution in [0.5, 0.6) is 0 Å². The lowest BCUT2D eigenvalue weighted by atomic mass is 10.0. The van der Waals surface area contributed by atoms with Crippen LogP contribution in [-0.4, -0.2) is 21.0 Å². The van der Waals surface area contributed by atoms with Crippen LogP contribution in [0.1, 0.15) is 30.3 Å². The van der Waals surface area contributed by atoms with Crippen molar-refractivity contribution in [3.8, 4) is 11.4 Å². The molecule has 0 radical (unpaired) electrons. The topological polar surface area (TPSA) is 72.1 Å². The molecule has 10 heteroatoms. The van der Waals surface area contributed by atoms with Crippen molar-refractivity contribution in [2.24, 2.45) is 0 Å². The van der Waals surface area contributed by atoms with Gasteiger partial charge in [0.2, 0.25) is 11.7 Å². The Morgan fingerprint density at radius 3 is 2.57 bits per heavy atom. The zero-order chi connectivity index (χ0) is 19.9. The molecule has 1 aromatic carbocycles. The van der Waals surface area contributed by atoms with Crippen LogP contribution >= 0.6 is 0 Å². The number of nitrogens with zero attached hydrogens (tertiary/aromatic N) is 4. The average Bonchev–Trinajstić information content (AvgIpc) is 3.30. The minimum absolute atomic E-state index is 0.0941. The molecule has 3 aromatic rings. The van der Waals surface area contributed by atoms with E-state index in [-0.39, 0.29) is 29.8 Å². The highest BCUT2D eigenvalue weighted by atomic mass is 19.4. The highest BCUT2D eigenvalue weighted by Crippen LogP contribution is 2.38. The van der Waals surface area contributed by atoms with Crippen LogP contribution in [0.4, 0.5) is 23.4 Å². The molecule has 0 N–H and O–H groups in total. The molecule has 2 aromatic heterocycles. The van der Waals surface area contributed by atoms with Crippen molar-refractivity contribution in [1.29, 1.82) is 0 Å². The monoisotopic (exact) mass is 392 g/mol. The second-order valence-electron chi connectivity index (χ2n) is 6.18. The number of hydrogen-bond acceptors (Lipinski definition) is 5. The van der Waals surface area contributed by atoms with E-state index < -0.39 is 23.7 Å². The van der Waals surface area contributed by atoms with Crippen molar-refractivity contribution in [2.45, 2.75) is 25.1 Å². The van der Waals surface area contributed by atoms with E-state index >= 15 is 0 Å². The number of carbonyl (C=O) groups excluding carboxylic acids is 1. The molecular weight excluding hydrogens is 380 g/mol. The van der Waals surface area contributed by atoms with Crippen molar-refractivity contribution in [1.82, 2.24) is 15.1 Å². The van der Waals surface area contributed by atoms with Gasteiger partial charge in [-0.3, -0.25) is 9.69 Å². The highest BCUT2D eigenvalue weighted by molar-refractivity contribution is 5.95. The van der Waals surface area contributed by atoms with Crippen LogP contribution in [0.15, 0.2) is 47.1 Å². The third-order valence-electron chi connectivity index (χ3n) is 4.37. The predicted octanol–water partition coefficient (Wildman–Crippen LogP) is 4.16. The fourth-order valence-electron chi connectivity index (χ4n) is 3.13. The lowest BCUT2D eigenvalue weighted by Crippen LogP contribution is -2.29. The second-order valence-corrected chi connectivity index (χ2v) is 6.18. The number of halogens is 4. The molecule has 1 atom stereocenters. The number of benzene rings is 1. The molecule has 0 bridgehead atoms. The summed E-state index contributed by atoms with van der Waals surface area (Å²) < 4.78 is 56.6. The first-order valence-corrected chi connectivity index (χ1v) is 8.28. The van der Waals surface area contributed by atoms with Gasteiger partial charge in [-0.25, -0.2) is 9.37 Å². The zero-order valence-electron chi connectivity index (χ0n) is 14.2. The molecule has 1 saturated heterocycles. The summed E-state index contributed by atoms with van der Waals surface area (Å²) in [6, 6.07) is 9.69. The molecule has 28 heavy (non-hydrogen) atoms. The van der Waals surface area contributed by atoms with E-state index in [1.165, 1.54) is 4.90 Å². The number of amides is 1. The zero-order valence-corrected chi connectivity index (χ0v) is 14.2. The smallest absolute Gasteiger partial charge is 0.329 e. The maximum Gasteiger partial charge on any atom is 0.471 e. The Hall–Kier alpha value is -3.30. The SMILES string of the molecule is O=C1CCC(c2ccccc2)N1c1ncc(-c2noc(C(F)(F)F)n2)cc1F. The number of hydrogen-bond donors (Lipinski definition) is 0. The normalized spacial score (nSPS) is 17.4. The summed E-state index contributed by atoms with van der Waals surface area (Å²) in [5.74, 6) is -3.33. The Morgan fingerprint density at radius 2 is 1.93 bits per heavy atom. The molecule has 4 rings (SSSR count). The number of aromatic nitrogens is 3. The summed E-state index contributed by atoms with van der Waals surface area (Å²) in [4.78, 5) is 20.8. The molecule has 1 fully saturated rings. The van der Waals surface area contributed by atoms with E-state index in [0.29, 0.717) is 6.42 Å². The van der Waals surface area contributed by atoms with E-state index in [4.69, 9.17) is 0 Å². The number of carbonyl (C=O) groups is 1. The second kappa shape index (κ2) is 6.70. The van der Waals surface area contributed by atoms with E-state index in [9.17, 15) is 22.4 Å². The van der Waals surface area contributed by atoms with Crippen molar-refractivity contribution in [2.75, 3.05) is 4.90 Å². The Morgan fingerprint density at radius 1 is 1.18 bits per heavy atom. The molecule has 0 aliphatic carbocycles. The van der Waals surface area contributed by atoms with Crippen LogP contribution < -0.4 is 4.90 Å². The Labute approximate surface area is 155 Å². The molecule has 144 valence electrons. The quantitative estimate of drug-likeness (QED) is 0.626. The van der Waals surface area contributed by atoms with Crippen molar-refractivity contribution < 1.29 is 26.9 Å². The standard InChI is InChI=1S/C18H12F4N4O2/c19-12-8-11(15-24-17(28-25-15)18(20,21)22)9-23-16(12)26-13(6-7-14(26)27)10-4-2-1-3-5-10/h1-5,8-9,13H,6-7H2. The number of alkyl halides is 3. The van der Waals surface area contributed by atoms with Gasteiger partial charge in [0.1, 0.15) is 0 Å². The third-order valence-corrected chi connectivity index (χ3v) is 4.37. The van der Waals surface area contributed by atoms with Crippen LogP contribution in [-0.2, 0) is 11.0 Å². The molecule has 1 unspecified atom stereocenters. The molecule has 6 nitrogen and oxygen atoms in total. The minimum atomic E-state index is -4.80. The fourth-order valence-corrected chi connectivity index (χ4v) is 3.13. The van der Waals surface area contributed by atoms with Gasteiger partial charge in [-0.05, 0) is 18.1 Å². The first-order chi connectivity index (χ1) is 13.3. The minimum Gasteiger partial charge on any atom is -0.329 e. The van der Waals surface area contributed by atoms with Crippen LogP contribution in [0.3, 0.4) is 0 Å². The van der Waals surface area contributed by atoms with Gasteiger partial charge in [-0.1, -0.05) is 35.5 Å². The lowest BCUT2D eigenvalue weighted by molar-refractivity contribution is -0.159. The van der Waals surface area contributed by atoms with Gasteiger partial charge in [-0.2, -0.15) is 18.2 Å². The van der Waals surface area contributed by atoms with Crippen molar-refractivity contribution in [3.05, 3.63) is 59.9 Å². The summed E-state index contributed by atoms with van der Waals surface area (Å²) >= 11 is 0. The highest BCUT2D eigenvalue weighted by Gasteiger charge is 2.39. The molecule has 1 amide bonds. The Balaban J connectivity index is 1.67. The molecule has 0 saturated carbocycles. The van der Waals surface area contributed by atoms with Gasteiger partial charge < -0.3 is 4.52 Å². The summed E-state index contributed by atoms with van der Waals surface area (Å²) in [5, 5.41) is 3.21. The largest absolute Gasteiger partial charge is 0.471 e. The third kappa shape index (κ3) is 3.21. The van der Waals surface area contributed by atoms with Gasteiger partial charge in [-0.15, -0.1) is 0 Å². The molecule has 1 aliphatic rings.